The lowest BCUT2D eigenvalue weighted by Gasteiger charge is -2.09. The fourth-order valence-electron chi connectivity index (χ4n) is 1.60. The molecule has 0 amide bonds. The molecule has 17 heavy (non-hydrogen) atoms. The van der Waals surface area contributed by atoms with Gasteiger partial charge in [0.1, 0.15) is 5.75 Å². The summed E-state index contributed by atoms with van der Waals surface area (Å²) >= 11 is 1.91. The third-order valence-electron chi connectivity index (χ3n) is 2.59. The molecule has 0 atom stereocenters. The zero-order valence-electron chi connectivity index (χ0n) is 10.7. The number of rotatable bonds is 8. The monoisotopic (exact) mass is 254 g/mol. The largest absolute Gasteiger partial charge is 0.495 e. The van der Waals surface area contributed by atoms with Crippen LogP contribution in [0.1, 0.15) is 19.3 Å². The van der Waals surface area contributed by atoms with Gasteiger partial charge >= 0.3 is 0 Å². The maximum absolute atomic E-state index is 5.75. The highest BCUT2D eigenvalue weighted by Gasteiger charge is 2.00. The average Bonchev–Trinajstić information content (AvgIpc) is 2.35. The van der Waals surface area contributed by atoms with Crippen LogP contribution in [0.4, 0.5) is 11.4 Å². The number of hydrogen-bond donors (Lipinski definition) is 2. The Bertz CT molecular complexity index is 331. The van der Waals surface area contributed by atoms with Gasteiger partial charge in [-0.05, 0) is 37.0 Å². The van der Waals surface area contributed by atoms with E-state index in [9.17, 15) is 0 Å². The van der Waals surface area contributed by atoms with E-state index in [4.69, 9.17) is 10.5 Å². The molecule has 0 saturated heterocycles. The van der Waals surface area contributed by atoms with E-state index in [-0.39, 0.29) is 0 Å². The SMILES string of the molecule is COc1cc(NCCCCCSC)ccc1N. The van der Waals surface area contributed by atoms with Crippen LogP contribution in [0.25, 0.3) is 0 Å². The summed E-state index contributed by atoms with van der Waals surface area (Å²) in [6.45, 7) is 1.00. The minimum Gasteiger partial charge on any atom is -0.495 e. The number of nitrogen functional groups attached to an aromatic ring is 1. The summed E-state index contributed by atoms with van der Waals surface area (Å²) in [5.74, 6) is 1.99. The molecule has 0 aromatic heterocycles. The van der Waals surface area contributed by atoms with Crippen LogP contribution < -0.4 is 15.8 Å². The Balaban J connectivity index is 2.27. The van der Waals surface area contributed by atoms with E-state index in [2.05, 4.69) is 11.6 Å². The molecule has 0 unspecified atom stereocenters. The van der Waals surface area contributed by atoms with E-state index in [0.29, 0.717) is 5.69 Å². The number of hydrogen-bond acceptors (Lipinski definition) is 4. The van der Waals surface area contributed by atoms with Crippen LogP contribution >= 0.6 is 11.8 Å². The minimum absolute atomic E-state index is 0.679. The van der Waals surface area contributed by atoms with Crippen LogP contribution in [0.3, 0.4) is 0 Å². The van der Waals surface area contributed by atoms with E-state index in [1.165, 1.54) is 25.0 Å². The molecule has 0 radical (unpaired) electrons. The molecule has 1 aromatic carbocycles. The quantitative estimate of drug-likeness (QED) is 0.552. The zero-order chi connectivity index (χ0) is 12.5. The highest BCUT2D eigenvalue weighted by atomic mass is 32.2. The number of thioether (sulfide) groups is 1. The summed E-state index contributed by atoms with van der Waals surface area (Å²) in [4.78, 5) is 0. The van der Waals surface area contributed by atoms with Gasteiger partial charge in [0.2, 0.25) is 0 Å². The van der Waals surface area contributed by atoms with Crippen molar-refractivity contribution in [3.05, 3.63) is 18.2 Å². The molecule has 3 N–H and O–H groups in total. The molecule has 96 valence electrons. The second-order valence-electron chi connectivity index (χ2n) is 3.94. The van der Waals surface area contributed by atoms with Crippen LogP contribution in [0.15, 0.2) is 18.2 Å². The number of anilines is 2. The summed E-state index contributed by atoms with van der Waals surface area (Å²) in [5.41, 5.74) is 7.50. The second kappa shape index (κ2) is 8.12. The van der Waals surface area contributed by atoms with E-state index >= 15 is 0 Å². The van der Waals surface area contributed by atoms with Crippen LogP contribution in [0, 0.1) is 0 Å². The first-order valence-electron chi connectivity index (χ1n) is 5.94. The Morgan fingerprint density at radius 3 is 2.82 bits per heavy atom. The first kappa shape index (κ1) is 14.0. The first-order valence-corrected chi connectivity index (χ1v) is 7.33. The van der Waals surface area contributed by atoms with Crippen molar-refractivity contribution in [1.82, 2.24) is 0 Å². The van der Waals surface area contributed by atoms with Gasteiger partial charge in [0.05, 0.1) is 12.8 Å². The topological polar surface area (TPSA) is 47.3 Å². The lowest BCUT2D eigenvalue weighted by atomic mass is 10.2. The zero-order valence-corrected chi connectivity index (χ0v) is 11.5. The van der Waals surface area contributed by atoms with Gasteiger partial charge in [-0.25, -0.2) is 0 Å². The van der Waals surface area contributed by atoms with Crippen LogP contribution in [0.5, 0.6) is 5.75 Å². The second-order valence-corrected chi connectivity index (χ2v) is 4.92. The third kappa shape index (κ3) is 5.22. The summed E-state index contributed by atoms with van der Waals surface area (Å²) < 4.78 is 5.18. The van der Waals surface area contributed by atoms with E-state index in [1.54, 1.807) is 7.11 Å². The fourth-order valence-corrected chi connectivity index (χ4v) is 2.09. The van der Waals surface area contributed by atoms with Gasteiger partial charge in [0.25, 0.3) is 0 Å². The maximum Gasteiger partial charge on any atom is 0.143 e. The molecule has 4 heteroatoms. The molecule has 0 aliphatic carbocycles. The first-order chi connectivity index (χ1) is 8.27. The molecule has 1 rings (SSSR count). The van der Waals surface area contributed by atoms with Crippen molar-refractivity contribution < 1.29 is 4.74 Å². The van der Waals surface area contributed by atoms with E-state index < -0.39 is 0 Å². The van der Waals surface area contributed by atoms with Gasteiger partial charge in [-0.3, -0.25) is 0 Å². The minimum atomic E-state index is 0.679. The van der Waals surface area contributed by atoms with Gasteiger partial charge in [0.15, 0.2) is 0 Å². The van der Waals surface area contributed by atoms with Crippen molar-refractivity contribution in [2.24, 2.45) is 0 Å². The van der Waals surface area contributed by atoms with Crippen LogP contribution in [-0.2, 0) is 0 Å². The average molecular weight is 254 g/mol. The number of unbranched alkanes of at least 4 members (excludes halogenated alkanes) is 2. The smallest absolute Gasteiger partial charge is 0.143 e. The number of ether oxygens (including phenoxy) is 1. The van der Waals surface area contributed by atoms with Crippen molar-refractivity contribution in [1.29, 1.82) is 0 Å². The molecule has 3 nitrogen and oxygen atoms in total. The highest BCUT2D eigenvalue weighted by molar-refractivity contribution is 7.98. The summed E-state index contributed by atoms with van der Waals surface area (Å²) in [7, 11) is 1.64. The van der Waals surface area contributed by atoms with Gasteiger partial charge in [-0.2, -0.15) is 11.8 Å². The molecular formula is C13H22N2OS. The Labute approximate surface area is 108 Å². The van der Waals surface area contributed by atoms with Crippen molar-refractivity contribution in [3.63, 3.8) is 0 Å². The highest BCUT2D eigenvalue weighted by Crippen LogP contribution is 2.24. The summed E-state index contributed by atoms with van der Waals surface area (Å²) in [6.07, 6.45) is 5.93. The number of benzene rings is 1. The van der Waals surface area contributed by atoms with Crippen molar-refractivity contribution in [2.45, 2.75) is 19.3 Å². The van der Waals surface area contributed by atoms with Crippen LogP contribution in [0.2, 0.25) is 0 Å². The summed E-state index contributed by atoms with van der Waals surface area (Å²) in [6, 6.07) is 5.80. The Hall–Kier alpha value is -1.03. The Kier molecular flexibility index (Phi) is 6.70. The lowest BCUT2D eigenvalue weighted by Crippen LogP contribution is -2.02. The van der Waals surface area contributed by atoms with Crippen molar-refractivity contribution in [3.8, 4) is 5.75 Å². The molecule has 0 bridgehead atoms. The van der Waals surface area contributed by atoms with Crippen LogP contribution in [-0.4, -0.2) is 25.7 Å². The molecule has 0 heterocycles. The van der Waals surface area contributed by atoms with Gasteiger partial charge < -0.3 is 15.8 Å². The molecule has 0 aliphatic rings. The summed E-state index contributed by atoms with van der Waals surface area (Å²) in [5, 5.41) is 3.38. The van der Waals surface area contributed by atoms with Crippen molar-refractivity contribution >= 4 is 23.1 Å². The predicted octanol–water partition coefficient (Wildman–Crippen LogP) is 3.22. The predicted molar refractivity (Wildman–Crippen MR) is 78.1 cm³/mol. The van der Waals surface area contributed by atoms with Gasteiger partial charge in [-0.15, -0.1) is 0 Å². The van der Waals surface area contributed by atoms with Gasteiger partial charge in [0, 0.05) is 18.3 Å². The maximum atomic E-state index is 5.75. The van der Waals surface area contributed by atoms with E-state index in [1.807, 2.05) is 30.0 Å². The molecule has 0 fully saturated rings. The molecule has 0 spiro atoms. The van der Waals surface area contributed by atoms with Gasteiger partial charge in [-0.1, -0.05) is 6.42 Å². The Morgan fingerprint density at radius 1 is 1.29 bits per heavy atom. The standard InChI is InChI=1S/C13H22N2OS/c1-16-13-10-11(6-7-12(13)14)15-8-4-3-5-9-17-2/h6-7,10,15H,3-5,8-9,14H2,1-2H3. The third-order valence-corrected chi connectivity index (χ3v) is 3.28. The molecule has 1 aromatic rings. The Morgan fingerprint density at radius 2 is 2.12 bits per heavy atom. The number of nitrogens with one attached hydrogen (secondary N) is 1. The number of nitrogens with two attached hydrogens (primary N) is 1. The molecule has 0 saturated carbocycles. The van der Waals surface area contributed by atoms with E-state index in [0.717, 1.165) is 18.0 Å². The van der Waals surface area contributed by atoms with Crippen molar-refractivity contribution in [2.75, 3.05) is 36.7 Å². The normalized spacial score (nSPS) is 10.2. The number of methoxy groups -OCH3 is 1. The molecule has 0 aliphatic heterocycles. The molecular weight excluding hydrogens is 232 g/mol. The lowest BCUT2D eigenvalue weighted by molar-refractivity contribution is 0.417. The fraction of sp³-hybridized carbons (Fsp3) is 0.538.